The summed E-state index contributed by atoms with van der Waals surface area (Å²) in [5.74, 6) is 3.60. The zero-order valence-corrected chi connectivity index (χ0v) is 18.2. The van der Waals surface area contributed by atoms with Crippen LogP contribution in [0.1, 0.15) is 45.1 Å². The number of anilines is 1. The first-order valence-electron chi connectivity index (χ1n) is 10.8. The van der Waals surface area contributed by atoms with Crippen LogP contribution in [0.5, 0.6) is 11.5 Å². The summed E-state index contributed by atoms with van der Waals surface area (Å²) in [5.41, 5.74) is 15.8. The van der Waals surface area contributed by atoms with Crippen LogP contribution < -0.4 is 16.2 Å². The van der Waals surface area contributed by atoms with Gasteiger partial charge in [-0.15, -0.1) is 0 Å². The highest BCUT2D eigenvalue weighted by Gasteiger charge is 2.27. The van der Waals surface area contributed by atoms with Gasteiger partial charge >= 0.3 is 0 Å². The SMILES string of the molecule is CC(C)(C1=CC=C(OC2=CC=C(N)CC2)CC1)c1ccc(Oc2ccc(N)cc2)cc1. The Morgan fingerprint density at radius 1 is 0.645 bits per heavy atom. The summed E-state index contributed by atoms with van der Waals surface area (Å²) in [6.07, 6.45) is 11.9. The second kappa shape index (κ2) is 8.76. The maximum Gasteiger partial charge on any atom is 0.127 e. The second-order valence-corrected chi connectivity index (χ2v) is 8.62. The molecule has 0 atom stereocenters. The van der Waals surface area contributed by atoms with E-state index in [2.05, 4.69) is 38.1 Å². The molecule has 0 aromatic heterocycles. The van der Waals surface area contributed by atoms with Gasteiger partial charge in [0.2, 0.25) is 0 Å². The third kappa shape index (κ3) is 5.02. The summed E-state index contributed by atoms with van der Waals surface area (Å²) in [6.45, 7) is 4.54. The molecule has 0 unspecified atom stereocenters. The monoisotopic (exact) mass is 414 g/mol. The quantitative estimate of drug-likeness (QED) is 0.531. The van der Waals surface area contributed by atoms with E-state index in [4.69, 9.17) is 20.9 Å². The number of nitrogens with two attached hydrogens (primary N) is 2. The number of nitrogen functional groups attached to an aromatic ring is 1. The van der Waals surface area contributed by atoms with Crippen molar-refractivity contribution in [2.24, 2.45) is 5.73 Å². The molecule has 4 N–H and O–H groups in total. The Morgan fingerprint density at radius 2 is 1.23 bits per heavy atom. The van der Waals surface area contributed by atoms with Crippen LogP contribution in [-0.2, 0) is 10.2 Å². The largest absolute Gasteiger partial charge is 0.466 e. The van der Waals surface area contributed by atoms with Crippen LogP contribution in [0.25, 0.3) is 0 Å². The Labute approximate surface area is 184 Å². The van der Waals surface area contributed by atoms with Gasteiger partial charge in [0.15, 0.2) is 0 Å². The summed E-state index contributed by atoms with van der Waals surface area (Å²) in [7, 11) is 0. The van der Waals surface area contributed by atoms with E-state index in [0.717, 1.165) is 60.1 Å². The molecule has 0 amide bonds. The van der Waals surface area contributed by atoms with Crippen molar-refractivity contribution < 1.29 is 9.47 Å². The summed E-state index contributed by atoms with van der Waals surface area (Å²) in [6, 6.07) is 15.8. The zero-order chi connectivity index (χ0) is 21.8. The van der Waals surface area contributed by atoms with Crippen LogP contribution in [0, 0.1) is 0 Å². The van der Waals surface area contributed by atoms with Gasteiger partial charge in [-0.05, 0) is 73.0 Å². The third-order valence-electron chi connectivity index (χ3n) is 6.01. The average molecular weight is 415 g/mol. The van der Waals surface area contributed by atoms with E-state index in [-0.39, 0.29) is 5.41 Å². The number of hydrogen-bond acceptors (Lipinski definition) is 4. The minimum atomic E-state index is -0.0664. The molecule has 2 aliphatic carbocycles. The Morgan fingerprint density at radius 3 is 1.77 bits per heavy atom. The van der Waals surface area contributed by atoms with Crippen LogP contribution in [0.2, 0.25) is 0 Å². The smallest absolute Gasteiger partial charge is 0.127 e. The van der Waals surface area contributed by atoms with Crippen LogP contribution in [0.3, 0.4) is 0 Å². The lowest BCUT2D eigenvalue weighted by molar-refractivity contribution is 0.272. The van der Waals surface area contributed by atoms with Crippen LogP contribution in [-0.4, -0.2) is 0 Å². The van der Waals surface area contributed by atoms with Gasteiger partial charge in [-0.2, -0.15) is 0 Å². The number of rotatable bonds is 6. The Balaban J connectivity index is 1.43. The third-order valence-corrected chi connectivity index (χ3v) is 6.01. The second-order valence-electron chi connectivity index (χ2n) is 8.62. The van der Waals surface area contributed by atoms with Crippen molar-refractivity contribution in [3.63, 3.8) is 0 Å². The first kappa shape index (κ1) is 20.9. The molecule has 0 spiro atoms. The van der Waals surface area contributed by atoms with E-state index in [1.807, 2.05) is 48.6 Å². The molecule has 2 aromatic rings. The number of benzene rings is 2. The molecule has 0 saturated heterocycles. The fourth-order valence-corrected chi connectivity index (χ4v) is 3.91. The lowest BCUT2D eigenvalue weighted by Crippen LogP contribution is -2.21. The number of ether oxygens (including phenoxy) is 2. The fraction of sp³-hybridized carbons (Fsp3) is 0.259. The Hall–Kier alpha value is -3.40. The van der Waals surface area contributed by atoms with Crippen molar-refractivity contribution in [1.29, 1.82) is 0 Å². The fourth-order valence-electron chi connectivity index (χ4n) is 3.91. The minimum absolute atomic E-state index is 0.0664. The molecule has 0 fully saturated rings. The first-order valence-corrected chi connectivity index (χ1v) is 10.8. The van der Waals surface area contributed by atoms with Crippen molar-refractivity contribution in [2.45, 2.75) is 44.9 Å². The maximum absolute atomic E-state index is 6.08. The van der Waals surface area contributed by atoms with Crippen molar-refractivity contribution in [1.82, 2.24) is 0 Å². The van der Waals surface area contributed by atoms with Gasteiger partial charge in [0, 0.05) is 29.6 Å². The molecule has 4 rings (SSSR count). The van der Waals surface area contributed by atoms with Crippen LogP contribution in [0.15, 0.2) is 95.6 Å². The van der Waals surface area contributed by atoms with Crippen LogP contribution >= 0.6 is 0 Å². The molecule has 0 aliphatic heterocycles. The van der Waals surface area contributed by atoms with Gasteiger partial charge in [-0.1, -0.05) is 37.6 Å². The minimum Gasteiger partial charge on any atom is -0.466 e. The lowest BCUT2D eigenvalue weighted by atomic mass is 9.74. The van der Waals surface area contributed by atoms with E-state index >= 15 is 0 Å². The van der Waals surface area contributed by atoms with Crippen molar-refractivity contribution in [2.75, 3.05) is 5.73 Å². The first-order chi connectivity index (χ1) is 14.9. The van der Waals surface area contributed by atoms with E-state index in [1.54, 1.807) is 0 Å². The standard InChI is InChI=1S/C27H30N2O2/c1-27(2,19-3-11-23(12-4-19)30-25-15-7-21(28)8-16-25)20-5-13-24(14-6-20)31-26-17-9-22(29)10-18-26/h3-5,7-9,11-13,15-17H,6,10,14,18,28-29H2,1-2H3. The summed E-state index contributed by atoms with van der Waals surface area (Å²) in [4.78, 5) is 0. The molecule has 4 nitrogen and oxygen atoms in total. The number of hydrogen-bond donors (Lipinski definition) is 2. The molecule has 4 heteroatoms. The summed E-state index contributed by atoms with van der Waals surface area (Å²) >= 11 is 0. The molecule has 2 aliphatic rings. The van der Waals surface area contributed by atoms with E-state index < -0.39 is 0 Å². The molecule has 2 aromatic carbocycles. The molecular formula is C27H30N2O2. The van der Waals surface area contributed by atoms with E-state index in [0.29, 0.717) is 0 Å². The van der Waals surface area contributed by atoms with Gasteiger partial charge in [0.1, 0.15) is 23.0 Å². The predicted molar refractivity (Wildman–Crippen MR) is 126 cm³/mol. The van der Waals surface area contributed by atoms with Crippen molar-refractivity contribution >= 4 is 5.69 Å². The maximum atomic E-state index is 6.08. The van der Waals surface area contributed by atoms with Crippen LogP contribution in [0.4, 0.5) is 5.69 Å². The zero-order valence-electron chi connectivity index (χ0n) is 18.2. The molecule has 0 heterocycles. The molecule has 160 valence electrons. The molecule has 0 radical (unpaired) electrons. The van der Waals surface area contributed by atoms with Gasteiger partial charge in [-0.3, -0.25) is 0 Å². The predicted octanol–water partition coefficient (Wildman–Crippen LogP) is 6.48. The topological polar surface area (TPSA) is 70.5 Å². The molecule has 0 bridgehead atoms. The Bertz CT molecular complexity index is 1060. The highest BCUT2D eigenvalue weighted by atomic mass is 16.5. The Kier molecular flexibility index (Phi) is 5.90. The van der Waals surface area contributed by atoms with Gasteiger partial charge < -0.3 is 20.9 Å². The van der Waals surface area contributed by atoms with Crippen molar-refractivity contribution in [3.8, 4) is 11.5 Å². The average Bonchev–Trinajstić information content (AvgIpc) is 2.78. The molecule has 31 heavy (non-hydrogen) atoms. The number of allylic oxidation sites excluding steroid dienone is 8. The summed E-state index contributed by atoms with van der Waals surface area (Å²) in [5, 5.41) is 0. The summed E-state index contributed by atoms with van der Waals surface area (Å²) < 4.78 is 12.0. The molecular weight excluding hydrogens is 384 g/mol. The lowest BCUT2D eigenvalue weighted by Gasteiger charge is -2.31. The highest BCUT2D eigenvalue weighted by molar-refractivity contribution is 5.44. The van der Waals surface area contributed by atoms with E-state index in [1.165, 1.54) is 11.1 Å². The van der Waals surface area contributed by atoms with E-state index in [9.17, 15) is 0 Å². The van der Waals surface area contributed by atoms with Gasteiger partial charge in [0.25, 0.3) is 0 Å². The molecule has 0 saturated carbocycles. The van der Waals surface area contributed by atoms with Gasteiger partial charge in [0.05, 0.1) is 0 Å². The van der Waals surface area contributed by atoms with Crippen molar-refractivity contribution in [3.05, 3.63) is 101 Å². The van der Waals surface area contributed by atoms with Gasteiger partial charge in [-0.25, -0.2) is 0 Å². The normalized spacial score (nSPS) is 16.6. The highest BCUT2D eigenvalue weighted by Crippen LogP contribution is 2.38.